The van der Waals surface area contributed by atoms with E-state index in [-0.39, 0.29) is 5.91 Å². The van der Waals surface area contributed by atoms with E-state index in [1.165, 1.54) is 12.8 Å². The fourth-order valence-corrected chi connectivity index (χ4v) is 2.26. The molecule has 0 aromatic heterocycles. The van der Waals surface area contributed by atoms with Crippen LogP contribution in [0.4, 0.5) is 5.69 Å². The number of methoxy groups -OCH3 is 1. The zero-order chi connectivity index (χ0) is 15.5. The van der Waals surface area contributed by atoms with E-state index in [9.17, 15) is 4.79 Å². The van der Waals surface area contributed by atoms with Gasteiger partial charge in [-0.05, 0) is 31.5 Å². The van der Waals surface area contributed by atoms with Gasteiger partial charge in [0.2, 0.25) is 5.91 Å². The SMILES string of the molecule is CCCCCCC(=O)N(CCCN)c1cccc(OC)c1. The summed E-state index contributed by atoms with van der Waals surface area (Å²) >= 11 is 0. The molecule has 0 unspecified atom stereocenters. The van der Waals surface area contributed by atoms with Crippen molar-refractivity contribution in [1.29, 1.82) is 0 Å². The highest BCUT2D eigenvalue weighted by atomic mass is 16.5. The molecule has 0 bridgehead atoms. The van der Waals surface area contributed by atoms with Gasteiger partial charge >= 0.3 is 0 Å². The maximum Gasteiger partial charge on any atom is 0.226 e. The fourth-order valence-electron chi connectivity index (χ4n) is 2.26. The van der Waals surface area contributed by atoms with E-state index in [1.54, 1.807) is 7.11 Å². The molecule has 4 heteroatoms. The quantitative estimate of drug-likeness (QED) is 0.673. The van der Waals surface area contributed by atoms with Crippen molar-refractivity contribution in [1.82, 2.24) is 0 Å². The number of anilines is 1. The molecular weight excluding hydrogens is 264 g/mol. The van der Waals surface area contributed by atoms with Crippen LogP contribution in [0, 0.1) is 0 Å². The molecule has 0 saturated heterocycles. The zero-order valence-corrected chi connectivity index (χ0v) is 13.3. The lowest BCUT2D eigenvalue weighted by molar-refractivity contribution is -0.118. The number of hydrogen-bond acceptors (Lipinski definition) is 3. The van der Waals surface area contributed by atoms with E-state index in [2.05, 4.69) is 6.92 Å². The Balaban J connectivity index is 2.71. The van der Waals surface area contributed by atoms with E-state index in [1.807, 2.05) is 29.2 Å². The molecule has 4 nitrogen and oxygen atoms in total. The van der Waals surface area contributed by atoms with Crippen molar-refractivity contribution >= 4 is 11.6 Å². The Morgan fingerprint density at radius 1 is 1.24 bits per heavy atom. The molecule has 1 aromatic carbocycles. The van der Waals surface area contributed by atoms with Gasteiger partial charge in [0.1, 0.15) is 5.75 Å². The summed E-state index contributed by atoms with van der Waals surface area (Å²) in [7, 11) is 1.63. The smallest absolute Gasteiger partial charge is 0.226 e. The minimum absolute atomic E-state index is 0.174. The lowest BCUT2D eigenvalue weighted by Gasteiger charge is -2.23. The Kier molecular flexibility index (Phi) is 8.51. The normalized spacial score (nSPS) is 10.4. The maximum absolute atomic E-state index is 12.5. The summed E-state index contributed by atoms with van der Waals surface area (Å²) in [6.07, 6.45) is 5.84. The number of nitrogens with two attached hydrogens (primary N) is 1. The molecule has 0 aliphatic carbocycles. The molecule has 0 aliphatic rings. The second kappa shape index (κ2) is 10.2. The highest BCUT2D eigenvalue weighted by molar-refractivity contribution is 5.93. The van der Waals surface area contributed by atoms with E-state index in [4.69, 9.17) is 10.5 Å². The van der Waals surface area contributed by atoms with Crippen LogP contribution in [-0.4, -0.2) is 26.1 Å². The summed E-state index contributed by atoms with van der Waals surface area (Å²) in [5.74, 6) is 0.942. The minimum atomic E-state index is 0.174. The summed E-state index contributed by atoms with van der Waals surface area (Å²) in [6, 6.07) is 7.65. The van der Waals surface area contributed by atoms with E-state index in [0.29, 0.717) is 19.5 Å². The number of benzene rings is 1. The first-order valence-corrected chi connectivity index (χ1v) is 7.87. The number of unbranched alkanes of at least 4 members (excludes halogenated alkanes) is 3. The van der Waals surface area contributed by atoms with Crippen molar-refractivity contribution in [3.8, 4) is 5.75 Å². The highest BCUT2D eigenvalue weighted by Gasteiger charge is 2.15. The van der Waals surface area contributed by atoms with Crippen molar-refractivity contribution in [2.75, 3.05) is 25.1 Å². The van der Waals surface area contributed by atoms with Crippen molar-refractivity contribution in [3.05, 3.63) is 24.3 Å². The van der Waals surface area contributed by atoms with Crippen LogP contribution in [0.1, 0.15) is 45.4 Å². The number of carbonyl (C=O) groups excluding carboxylic acids is 1. The zero-order valence-electron chi connectivity index (χ0n) is 13.3. The van der Waals surface area contributed by atoms with Gasteiger partial charge in [0.15, 0.2) is 0 Å². The molecule has 0 radical (unpaired) electrons. The molecule has 0 aliphatic heterocycles. The Labute approximate surface area is 128 Å². The Morgan fingerprint density at radius 2 is 2.05 bits per heavy atom. The highest BCUT2D eigenvalue weighted by Crippen LogP contribution is 2.22. The fraction of sp³-hybridized carbons (Fsp3) is 0.588. The van der Waals surface area contributed by atoms with E-state index in [0.717, 1.165) is 30.7 Å². The van der Waals surface area contributed by atoms with Gasteiger partial charge in [-0.15, -0.1) is 0 Å². The van der Waals surface area contributed by atoms with Crippen LogP contribution in [0.3, 0.4) is 0 Å². The summed E-state index contributed by atoms with van der Waals surface area (Å²) in [5, 5.41) is 0. The van der Waals surface area contributed by atoms with Crippen LogP contribution >= 0.6 is 0 Å². The molecule has 0 fully saturated rings. The number of nitrogens with zero attached hydrogens (tertiary/aromatic N) is 1. The summed E-state index contributed by atoms with van der Waals surface area (Å²) in [4.78, 5) is 14.3. The van der Waals surface area contributed by atoms with Crippen LogP contribution in [0.15, 0.2) is 24.3 Å². The van der Waals surface area contributed by atoms with Gasteiger partial charge in [0, 0.05) is 24.7 Å². The number of ether oxygens (including phenoxy) is 1. The van der Waals surface area contributed by atoms with Gasteiger partial charge in [-0.2, -0.15) is 0 Å². The van der Waals surface area contributed by atoms with Crippen LogP contribution in [0.2, 0.25) is 0 Å². The first-order valence-electron chi connectivity index (χ1n) is 7.87. The molecule has 0 atom stereocenters. The Bertz CT molecular complexity index is 421. The van der Waals surface area contributed by atoms with Crippen molar-refractivity contribution in [2.24, 2.45) is 5.73 Å². The second-order valence-corrected chi connectivity index (χ2v) is 5.20. The molecule has 2 N–H and O–H groups in total. The summed E-state index contributed by atoms with van der Waals surface area (Å²) in [6.45, 7) is 3.42. The standard InChI is InChI=1S/C17H28N2O2/c1-3-4-5-6-11-17(20)19(13-8-12-18)15-9-7-10-16(14-15)21-2/h7,9-10,14H,3-6,8,11-13,18H2,1-2H3. The predicted octanol–water partition coefficient (Wildman–Crippen LogP) is 3.35. The van der Waals surface area contributed by atoms with Crippen LogP contribution in [0.25, 0.3) is 0 Å². The number of rotatable bonds is 10. The number of hydrogen-bond donors (Lipinski definition) is 1. The van der Waals surface area contributed by atoms with Gasteiger partial charge in [-0.25, -0.2) is 0 Å². The molecule has 0 heterocycles. The maximum atomic E-state index is 12.5. The van der Waals surface area contributed by atoms with Crippen LogP contribution in [-0.2, 0) is 4.79 Å². The topological polar surface area (TPSA) is 55.6 Å². The first kappa shape index (κ1) is 17.5. The molecule has 21 heavy (non-hydrogen) atoms. The third-order valence-electron chi connectivity index (χ3n) is 3.50. The third kappa shape index (κ3) is 6.17. The molecule has 1 amide bonds. The minimum Gasteiger partial charge on any atom is -0.497 e. The van der Waals surface area contributed by atoms with Gasteiger partial charge in [0.05, 0.1) is 7.11 Å². The lowest BCUT2D eigenvalue weighted by Crippen LogP contribution is -2.32. The predicted molar refractivity (Wildman–Crippen MR) is 87.8 cm³/mol. The van der Waals surface area contributed by atoms with Gasteiger partial charge < -0.3 is 15.4 Å². The van der Waals surface area contributed by atoms with E-state index < -0.39 is 0 Å². The van der Waals surface area contributed by atoms with Gasteiger partial charge in [-0.3, -0.25) is 4.79 Å². The van der Waals surface area contributed by atoms with Gasteiger partial charge in [0.25, 0.3) is 0 Å². The van der Waals surface area contributed by atoms with Crippen LogP contribution in [0.5, 0.6) is 5.75 Å². The molecular formula is C17H28N2O2. The van der Waals surface area contributed by atoms with E-state index >= 15 is 0 Å². The monoisotopic (exact) mass is 292 g/mol. The number of carbonyl (C=O) groups is 1. The van der Waals surface area contributed by atoms with Crippen molar-refractivity contribution < 1.29 is 9.53 Å². The third-order valence-corrected chi connectivity index (χ3v) is 3.50. The summed E-state index contributed by atoms with van der Waals surface area (Å²) in [5.41, 5.74) is 6.48. The first-order chi connectivity index (χ1) is 10.2. The Morgan fingerprint density at radius 3 is 2.71 bits per heavy atom. The summed E-state index contributed by atoms with van der Waals surface area (Å²) < 4.78 is 5.24. The Hall–Kier alpha value is -1.55. The van der Waals surface area contributed by atoms with Gasteiger partial charge in [-0.1, -0.05) is 32.3 Å². The van der Waals surface area contributed by atoms with Crippen LogP contribution < -0.4 is 15.4 Å². The largest absolute Gasteiger partial charge is 0.497 e. The number of amides is 1. The average Bonchev–Trinajstić information content (AvgIpc) is 2.52. The molecule has 0 saturated carbocycles. The molecule has 118 valence electrons. The molecule has 0 spiro atoms. The second-order valence-electron chi connectivity index (χ2n) is 5.20. The lowest BCUT2D eigenvalue weighted by atomic mass is 10.1. The van der Waals surface area contributed by atoms with Crippen molar-refractivity contribution in [2.45, 2.75) is 45.4 Å². The van der Waals surface area contributed by atoms with Crippen molar-refractivity contribution in [3.63, 3.8) is 0 Å². The molecule has 1 rings (SSSR count). The molecule has 1 aromatic rings. The average molecular weight is 292 g/mol.